The summed E-state index contributed by atoms with van der Waals surface area (Å²) in [6.07, 6.45) is 3.00. The van der Waals surface area contributed by atoms with Gasteiger partial charge in [0.25, 0.3) is 5.91 Å². The van der Waals surface area contributed by atoms with Gasteiger partial charge in [0.2, 0.25) is 0 Å². The fraction of sp³-hybridized carbons (Fsp3) is 0.611. The Hall–Kier alpha value is -1.66. The first-order chi connectivity index (χ1) is 11.5. The van der Waals surface area contributed by atoms with Gasteiger partial charge in [0.1, 0.15) is 5.60 Å². The number of piperazine rings is 1. The molecule has 0 bridgehead atoms. The van der Waals surface area contributed by atoms with Crippen LogP contribution in [0.15, 0.2) is 18.2 Å². The number of carbonyl (C=O) groups is 1. The van der Waals surface area contributed by atoms with Crippen LogP contribution in [0.25, 0.3) is 0 Å². The fourth-order valence-corrected chi connectivity index (χ4v) is 3.64. The fourth-order valence-electron chi connectivity index (χ4n) is 3.64. The molecule has 5 nitrogen and oxygen atoms in total. The van der Waals surface area contributed by atoms with Crippen LogP contribution < -0.4 is 4.74 Å². The molecule has 0 atom stereocenters. The summed E-state index contributed by atoms with van der Waals surface area (Å²) in [6, 6.07) is 5.00. The van der Waals surface area contributed by atoms with Gasteiger partial charge in [-0.2, -0.15) is 0 Å². The highest BCUT2D eigenvalue weighted by atomic mass is 19.1. The van der Waals surface area contributed by atoms with Crippen molar-refractivity contribution >= 4 is 5.91 Å². The first-order valence-electron chi connectivity index (χ1n) is 8.58. The van der Waals surface area contributed by atoms with Gasteiger partial charge in [0, 0.05) is 32.7 Å². The first kappa shape index (κ1) is 17.2. The van der Waals surface area contributed by atoms with E-state index in [4.69, 9.17) is 4.74 Å². The third kappa shape index (κ3) is 3.54. The van der Waals surface area contributed by atoms with E-state index in [0.29, 0.717) is 32.5 Å². The lowest BCUT2D eigenvalue weighted by molar-refractivity contribution is -0.152. The van der Waals surface area contributed by atoms with Gasteiger partial charge >= 0.3 is 0 Å². The third-order valence-electron chi connectivity index (χ3n) is 5.11. The molecule has 1 saturated heterocycles. The number of nitrogens with zero attached hydrogens (tertiary/aromatic N) is 2. The molecule has 1 saturated carbocycles. The van der Waals surface area contributed by atoms with Gasteiger partial charge in [0.05, 0.1) is 7.11 Å². The Balaban J connectivity index is 1.53. The topological polar surface area (TPSA) is 53.0 Å². The Morgan fingerprint density at radius 1 is 1.25 bits per heavy atom. The van der Waals surface area contributed by atoms with Crippen molar-refractivity contribution in [3.8, 4) is 5.75 Å². The molecular weight excluding hydrogens is 311 g/mol. The van der Waals surface area contributed by atoms with Crippen molar-refractivity contribution in [1.29, 1.82) is 0 Å². The Bertz CT molecular complexity index is 594. The number of halogens is 1. The largest absolute Gasteiger partial charge is 0.494 e. The number of carbonyl (C=O) groups excluding carboxylic acids is 1. The number of rotatable bonds is 4. The van der Waals surface area contributed by atoms with E-state index in [1.54, 1.807) is 11.0 Å². The van der Waals surface area contributed by atoms with E-state index < -0.39 is 5.60 Å². The Kier molecular flexibility index (Phi) is 5.06. The summed E-state index contributed by atoms with van der Waals surface area (Å²) in [5.41, 5.74) is -0.246. The molecule has 2 fully saturated rings. The summed E-state index contributed by atoms with van der Waals surface area (Å²) in [6.45, 7) is 3.33. The highest BCUT2D eigenvalue weighted by Crippen LogP contribution is 2.31. The average molecular weight is 336 g/mol. The zero-order chi connectivity index (χ0) is 17.2. The van der Waals surface area contributed by atoms with Gasteiger partial charge in [-0.05, 0) is 43.4 Å². The minimum atomic E-state index is -1.14. The summed E-state index contributed by atoms with van der Waals surface area (Å²) in [5.74, 6) is -0.221. The quantitative estimate of drug-likeness (QED) is 0.911. The van der Waals surface area contributed by atoms with Crippen LogP contribution in [0.1, 0.15) is 31.2 Å². The van der Waals surface area contributed by atoms with E-state index in [9.17, 15) is 14.3 Å². The zero-order valence-corrected chi connectivity index (χ0v) is 14.1. The van der Waals surface area contributed by atoms with Crippen LogP contribution in [0.3, 0.4) is 0 Å². The molecule has 24 heavy (non-hydrogen) atoms. The van der Waals surface area contributed by atoms with Crippen LogP contribution in [0, 0.1) is 5.82 Å². The third-order valence-corrected chi connectivity index (χ3v) is 5.11. The molecule has 0 radical (unpaired) electrons. The van der Waals surface area contributed by atoms with Crippen LogP contribution in [-0.2, 0) is 11.3 Å². The molecular formula is C18H25FN2O3. The summed E-state index contributed by atoms with van der Waals surface area (Å²) in [7, 11) is 1.45. The predicted molar refractivity (Wildman–Crippen MR) is 88.2 cm³/mol. The second kappa shape index (κ2) is 7.07. The smallest absolute Gasteiger partial charge is 0.254 e. The molecule has 0 unspecified atom stereocenters. The van der Waals surface area contributed by atoms with Gasteiger partial charge in [-0.15, -0.1) is 0 Å². The molecule has 1 aliphatic heterocycles. The molecule has 1 amide bonds. The number of aliphatic hydroxyl groups is 1. The number of hydrogen-bond donors (Lipinski definition) is 1. The molecule has 132 valence electrons. The van der Waals surface area contributed by atoms with Crippen LogP contribution in [0.5, 0.6) is 5.75 Å². The van der Waals surface area contributed by atoms with Crippen molar-refractivity contribution in [3.63, 3.8) is 0 Å². The van der Waals surface area contributed by atoms with Crippen molar-refractivity contribution in [3.05, 3.63) is 29.6 Å². The maximum absolute atomic E-state index is 13.8. The molecule has 1 aromatic rings. The van der Waals surface area contributed by atoms with E-state index in [1.165, 1.54) is 13.2 Å². The molecule has 1 aliphatic carbocycles. The van der Waals surface area contributed by atoms with Crippen LogP contribution in [0.2, 0.25) is 0 Å². The first-order valence-corrected chi connectivity index (χ1v) is 8.58. The van der Waals surface area contributed by atoms with Gasteiger partial charge in [-0.1, -0.05) is 6.07 Å². The minimum absolute atomic E-state index is 0.116. The van der Waals surface area contributed by atoms with Crippen molar-refractivity contribution in [2.75, 3.05) is 33.3 Å². The molecule has 1 heterocycles. The van der Waals surface area contributed by atoms with E-state index >= 15 is 0 Å². The molecule has 2 aliphatic rings. The number of benzene rings is 1. The normalized spacial score (nSPS) is 21.0. The zero-order valence-electron chi connectivity index (χ0n) is 14.1. The van der Waals surface area contributed by atoms with Crippen LogP contribution in [-0.4, -0.2) is 59.7 Å². The van der Waals surface area contributed by atoms with E-state index in [0.717, 1.165) is 31.5 Å². The molecule has 0 aromatic heterocycles. The highest BCUT2D eigenvalue weighted by Gasteiger charge is 2.42. The molecule has 0 spiro atoms. The van der Waals surface area contributed by atoms with Crippen molar-refractivity contribution in [2.45, 2.75) is 37.8 Å². The van der Waals surface area contributed by atoms with Crippen molar-refractivity contribution in [2.24, 2.45) is 0 Å². The number of hydrogen-bond acceptors (Lipinski definition) is 4. The van der Waals surface area contributed by atoms with Crippen molar-refractivity contribution in [1.82, 2.24) is 9.80 Å². The lowest BCUT2D eigenvalue weighted by Crippen LogP contribution is -2.54. The van der Waals surface area contributed by atoms with Crippen LogP contribution in [0.4, 0.5) is 4.39 Å². The molecule has 1 N–H and O–H groups in total. The van der Waals surface area contributed by atoms with Gasteiger partial charge in [-0.3, -0.25) is 9.69 Å². The maximum atomic E-state index is 13.8. The molecule has 6 heteroatoms. The van der Waals surface area contributed by atoms with Gasteiger partial charge < -0.3 is 14.7 Å². The van der Waals surface area contributed by atoms with Crippen LogP contribution >= 0.6 is 0 Å². The Morgan fingerprint density at radius 3 is 2.50 bits per heavy atom. The minimum Gasteiger partial charge on any atom is -0.494 e. The summed E-state index contributed by atoms with van der Waals surface area (Å²) < 4.78 is 18.7. The number of ether oxygens (including phenoxy) is 1. The number of methoxy groups -OCH3 is 1. The Labute approximate surface area is 142 Å². The van der Waals surface area contributed by atoms with Crippen molar-refractivity contribution < 1.29 is 19.0 Å². The van der Waals surface area contributed by atoms with E-state index in [2.05, 4.69) is 4.90 Å². The predicted octanol–water partition coefficient (Wildman–Crippen LogP) is 1.78. The van der Waals surface area contributed by atoms with Gasteiger partial charge in [-0.25, -0.2) is 4.39 Å². The lowest BCUT2D eigenvalue weighted by atomic mass is 10.00. The molecule has 1 aromatic carbocycles. The summed E-state index contributed by atoms with van der Waals surface area (Å²) in [5, 5.41) is 10.4. The summed E-state index contributed by atoms with van der Waals surface area (Å²) in [4.78, 5) is 16.5. The second-order valence-electron chi connectivity index (χ2n) is 6.78. The molecule has 3 rings (SSSR count). The monoisotopic (exact) mass is 336 g/mol. The maximum Gasteiger partial charge on any atom is 0.254 e. The lowest BCUT2D eigenvalue weighted by Gasteiger charge is -2.38. The highest BCUT2D eigenvalue weighted by molar-refractivity contribution is 5.85. The summed E-state index contributed by atoms with van der Waals surface area (Å²) >= 11 is 0. The second-order valence-corrected chi connectivity index (χ2v) is 6.78. The van der Waals surface area contributed by atoms with E-state index in [1.807, 2.05) is 6.07 Å². The SMILES string of the molecule is COc1ccc(CN2CCN(C(=O)C3(O)CCCC3)CC2)cc1F. The Morgan fingerprint density at radius 2 is 1.92 bits per heavy atom. The standard InChI is InChI=1S/C18H25FN2O3/c1-24-16-5-4-14(12-15(16)19)13-20-8-10-21(11-9-20)17(22)18(23)6-2-3-7-18/h4-5,12,23H,2-3,6-11,13H2,1H3. The van der Waals surface area contributed by atoms with Gasteiger partial charge in [0.15, 0.2) is 11.6 Å². The average Bonchev–Trinajstić information content (AvgIpc) is 3.03. The van der Waals surface area contributed by atoms with E-state index in [-0.39, 0.29) is 17.5 Å². The number of amides is 1.